The molecular weight excluding hydrogens is 317 g/mol. The largest absolute Gasteiger partial charge is 0.373 e. The number of anilines is 1. The number of aryl methyl sites for hydroxylation is 1. The van der Waals surface area contributed by atoms with Gasteiger partial charge in [0.15, 0.2) is 0 Å². The van der Waals surface area contributed by atoms with E-state index in [0.717, 1.165) is 10.9 Å². The molecular formula is C17H15ClFN3O. The Balaban J connectivity index is 2.35. The van der Waals surface area contributed by atoms with E-state index in [-0.39, 0.29) is 10.6 Å². The first-order valence-corrected chi connectivity index (χ1v) is 7.59. The minimum absolute atomic E-state index is 0.165. The fourth-order valence-corrected chi connectivity index (χ4v) is 2.89. The Kier molecular flexibility index (Phi) is 4.05. The Morgan fingerprint density at radius 3 is 2.70 bits per heavy atom. The van der Waals surface area contributed by atoms with Crippen molar-refractivity contribution in [3.05, 3.63) is 57.7 Å². The first-order chi connectivity index (χ1) is 11.0. The van der Waals surface area contributed by atoms with Crippen molar-refractivity contribution in [2.45, 2.75) is 13.5 Å². The lowest BCUT2D eigenvalue weighted by Crippen LogP contribution is -2.21. The predicted molar refractivity (Wildman–Crippen MR) is 91.6 cm³/mol. The molecule has 0 bridgehead atoms. The minimum atomic E-state index is -0.435. The molecule has 23 heavy (non-hydrogen) atoms. The van der Waals surface area contributed by atoms with Crippen LogP contribution in [0, 0.1) is 5.82 Å². The number of hydrogen-bond acceptors (Lipinski definition) is 3. The molecule has 0 aliphatic rings. The molecule has 0 saturated carbocycles. The summed E-state index contributed by atoms with van der Waals surface area (Å²) < 4.78 is 14.9. The zero-order valence-corrected chi connectivity index (χ0v) is 13.5. The summed E-state index contributed by atoms with van der Waals surface area (Å²) in [7, 11) is 1.77. The van der Waals surface area contributed by atoms with Crippen molar-refractivity contribution >= 4 is 28.3 Å². The van der Waals surface area contributed by atoms with Crippen molar-refractivity contribution < 1.29 is 4.39 Å². The van der Waals surface area contributed by atoms with Gasteiger partial charge in [0.1, 0.15) is 11.6 Å². The Morgan fingerprint density at radius 1 is 1.26 bits per heavy atom. The Hall–Kier alpha value is -2.40. The van der Waals surface area contributed by atoms with Crippen LogP contribution >= 0.6 is 11.6 Å². The van der Waals surface area contributed by atoms with Crippen LogP contribution in [0.3, 0.4) is 0 Å². The quantitative estimate of drug-likeness (QED) is 0.791. The van der Waals surface area contributed by atoms with E-state index < -0.39 is 5.82 Å². The molecule has 0 aliphatic heterocycles. The lowest BCUT2D eigenvalue weighted by Gasteiger charge is -2.13. The lowest BCUT2D eigenvalue weighted by molar-refractivity contribution is 0.628. The molecule has 2 heterocycles. The molecule has 1 aromatic carbocycles. The third kappa shape index (κ3) is 2.68. The van der Waals surface area contributed by atoms with Gasteiger partial charge in [-0.05, 0) is 31.2 Å². The smallest absolute Gasteiger partial charge is 0.258 e. The van der Waals surface area contributed by atoms with E-state index in [4.69, 9.17) is 11.6 Å². The van der Waals surface area contributed by atoms with Gasteiger partial charge in [-0.3, -0.25) is 4.79 Å². The van der Waals surface area contributed by atoms with Gasteiger partial charge in [-0.2, -0.15) is 0 Å². The molecule has 0 radical (unpaired) electrons. The van der Waals surface area contributed by atoms with Gasteiger partial charge < -0.3 is 9.88 Å². The molecule has 0 spiro atoms. The molecule has 0 saturated heterocycles. The van der Waals surface area contributed by atoms with Crippen molar-refractivity contribution in [3.63, 3.8) is 0 Å². The standard InChI is InChI=1S/C17H15ClFN3O/c1-3-22-15-8-16(20-2)21-9-10(15)6-13(17(22)23)12-5-4-11(19)7-14(12)18/h4-9H,3H2,1-2H3,(H,20,21). The SMILES string of the molecule is CCn1c(=O)c(-c2ccc(F)cc2Cl)cc2cnc(NC)cc21. The second-order valence-electron chi connectivity index (χ2n) is 5.11. The second kappa shape index (κ2) is 6.01. The van der Waals surface area contributed by atoms with Crippen LogP contribution < -0.4 is 10.9 Å². The first-order valence-electron chi connectivity index (χ1n) is 7.22. The summed E-state index contributed by atoms with van der Waals surface area (Å²) in [6.07, 6.45) is 1.70. The Morgan fingerprint density at radius 2 is 2.04 bits per heavy atom. The number of benzene rings is 1. The lowest BCUT2D eigenvalue weighted by atomic mass is 10.0. The Labute approximate surface area is 137 Å². The maximum Gasteiger partial charge on any atom is 0.258 e. The summed E-state index contributed by atoms with van der Waals surface area (Å²) in [6, 6.07) is 7.60. The average molecular weight is 332 g/mol. The monoisotopic (exact) mass is 331 g/mol. The van der Waals surface area contributed by atoms with Crippen molar-refractivity contribution in [3.8, 4) is 11.1 Å². The highest BCUT2D eigenvalue weighted by atomic mass is 35.5. The van der Waals surface area contributed by atoms with E-state index >= 15 is 0 Å². The number of pyridine rings is 2. The third-order valence-electron chi connectivity index (χ3n) is 3.77. The van der Waals surface area contributed by atoms with Crippen LogP contribution in [0.15, 0.2) is 41.3 Å². The minimum Gasteiger partial charge on any atom is -0.373 e. The van der Waals surface area contributed by atoms with Crippen LogP contribution in [-0.4, -0.2) is 16.6 Å². The zero-order chi connectivity index (χ0) is 16.6. The molecule has 0 unspecified atom stereocenters. The summed E-state index contributed by atoms with van der Waals surface area (Å²) in [4.78, 5) is 17.1. The fourth-order valence-electron chi connectivity index (χ4n) is 2.62. The number of nitrogens with zero attached hydrogens (tertiary/aromatic N) is 2. The summed E-state index contributed by atoms with van der Waals surface area (Å²) in [5, 5.41) is 3.99. The van der Waals surface area contributed by atoms with Gasteiger partial charge in [0.05, 0.1) is 10.5 Å². The van der Waals surface area contributed by atoms with Gasteiger partial charge in [0.2, 0.25) is 0 Å². The van der Waals surface area contributed by atoms with Crippen LogP contribution in [-0.2, 0) is 6.54 Å². The highest BCUT2D eigenvalue weighted by molar-refractivity contribution is 6.33. The van der Waals surface area contributed by atoms with Crippen molar-refractivity contribution in [1.29, 1.82) is 0 Å². The summed E-state index contributed by atoms with van der Waals surface area (Å²) in [6.45, 7) is 2.41. The van der Waals surface area contributed by atoms with E-state index in [9.17, 15) is 9.18 Å². The normalized spacial score (nSPS) is 11.0. The molecule has 0 aliphatic carbocycles. The zero-order valence-electron chi connectivity index (χ0n) is 12.7. The number of rotatable bonds is 3. The van der Waals surface area contributed by atoms with Gasteiger partial charge in [-0.25, -0.2) is 9.37 Å². The molecule has 1 N–H and O–H groups in total. The molecule has 3 aromatic rings. The van der Waals surface area contributed by atoms with E-state index in [1.54, 1.807) is 23.9 Å². The Bertz CT molecular complexity index is 952. The van der Waals surface area contributed by atoms with Crippen LogP contribution in [0.1, 0.15) is 6.92 Å². The molecule has 118 valence electrons. The molecule has 0 atom stereocenters. The van der Waals surface area contributed by atoms with Gasteiger partial charge in [0, 0.05) is 42.4 Å². The number of halogens is 2. The second-order valence-corrected chi connectivity index (χ2v) is 5.52. The summed E-state index contributed by atoms with van der Waals surface area (Å²) in [5.41, 5.74) is 1.57. The molecule has 4 nitrogen and oxygen atoms in total. The molecule has 3 rings (SSSR count). The topological polar surface area (TPSA) is 46.9 Å². The fraction of sp³-hybridized carbons (Fsp3) is 0.176. The summed E-state index contributed by atoms with van der Waals surface area (Å²) >= 11 is 6.12. The van der Waals surface area contributed by atoms with E-state index in [1.165, 1.54) is 18.2 Å². The average Bonchev–Trinajstić information content (AvgIpc) is 2.54. The van der Waals surface area contributed by atoms with Gasteiger partial charge in [-0.15, -0.1) is 0 Å². The molecule has 0 fully saturated rings. The number of nitrogens with one attached hydrogen (secondary N) is 1. The highest BCUT2D eigenvalue weighted by Crippen LogP contribution is 2.28. The number of aromatic nitrogens is 2. The van der Waals surface area contributed by atoms with Crippen molar-refractivity contribution in [1.82, 2.24) is 9.55 Å². The van der Waals surface area contributed by atoms with Gasteiger partial charge >= 0.3 is 0 Å². The van der Waals surface area contributed by atoms with Crippen LogP contribution in [0.4, 0.5) is 10.2 Å². The van der Waals surface area contributed by atoms with Crippen LogP contribution in [0.25, 0.3) is 22.0 Å². The maximum absolute atomic E-state index is 13.3. The van der Waals surface area contributed by atoms with Crippen LogP contribution in [0.2, 0.25) is 5.02 Å². The van der Waals surface area contributed by atoms with Crippen molar-refractivity contribution in [2.75, 3.05) is 12.4 Å². The molecule has 6 heteroatoms. The number of fused-ring (bicyclic) bond motifs is 1. The number of hydrogen-bond donors (Lipinski definition) is 1. The molecule has 0 amide bonds. The van der Waals surface area contributed by atoms with Crippen LogP contribution in [0.5, 0.6) is 0 Å². The van der Waals surface area contributed by atoms with Gasteiger partial charge in [0.25, 0.3) is 5.56 Å². The van der Waals surface area contributed by atoms with Gasteiger partial charge in [-0.1, -0.05) is 11.6 Å². The highest BCUT2D eigenvalue weighted by Gasteiger charge is 2.14. The predicted octanol–water partition coefficient (Wildman–Crippen LogP) is 3.92. The maximum atomic E-state index is 13.3. The van der Waals surface area contributed by atoms with E-state index in [1.807, 2.05) is 13.0 Å². The first kappa shape index (κ1) is 15.5. The van der Waals surface area contributed by atoms with E-state index in [0.29, 0.717) is 23.5 Å². The van der Waals surface area contributed by atoms with E-state index in [2.05, 4.69) is 10.3 Å². The third-order valence-corrected chi connectivity index (χ3v) is 4.08. The summed E-state index contributed by atoms with van der Waals surface area (Å²) in [5.74, 6) is 0.252. The molecule has 2 aromatic heterocycles. The van der Waals surface area contributed by atoms with Crippen molar-refractivity contribution in [2.24, 2.45) is 0 Å².